The van der Waals surface area contributed by atoms with Gasteiger partial charge in [0.2, 0.25) is 0 Å². The largest absolute Gasteiger partial charge is 0.508 e. The van der Waals surface area contributed by atoms with Crippen molar-refractivity contribution in [3.05, 3.63) is 166 Å². The fraction of sp³-hybridized carbons (Fsp3) is 0. The number of nitro groups is 2. The van der Waals surface area contributed by atoms with Crippen molar-refractivity contribution in [2.45, 2.75) is 0 Å². The lowest BCUT2D eigenvalue weighted by Gasteiger charge is -2.26. The predicted octanol–water partition coefficient (Wildman–Crippen LogP) is 9.52. The Kier molecular flexibility index (Phi) is 7.99. The molecule has 0 unspecified atom stereocenters. The van der Waals surface area contributed by atoms with E-state index in [1.54, 1.807) is 60.7 Å². The maximum Gasteiger partial charge on any atom is 0.271 e. The zero-order valence-corrected chi connectivity index (χ0v) is 24.2. The number of non-ortho nitro benzene ring substituents is 2. The predicted molar refractivity (Wildman–Crippen MR) is 178 cm³/mol. The highest BCUT2D eigenvalue weighted by atomic mass is 16.6. The van der Waals surface area contributed by atoms with Crippen LogP contribution < -0.4 is 9.80 Å². The van der Waals surface area contributed by atoms with Crippen LogP contribution in [-0.2, 0) is 0 Å². The smallest absolute Gasteiger partial charge is 0.271 e. The normalized spacial score (nSPS) is 10.7. The van der Waals surface area contributed by atoms with Crippen LogP contribution in [0.5, 0.6) is 11.5 Å². The minimum absolute atomic E-state index is 0.0516. The van der Waals surface area contributed by atoms with Gasteiger partial charge in [0.1, 0.15) is 11.5 Å². The number of nitro benzene ring substituents is 2. The fourth-order valence-corrected chi connectivity index (χ4v) is 5.26. The first kappa shape index (κ1) is 29.4. The van der Waals surface area contributed by atoms with Crippen LogP contribution in [0.2, 0.25) is 0 Å². The second-order valence-electron chi connectivity index (χ2n) is 10.4. The molecule has 0 aliphatic heterocycles. The summed E-state index contributed by atoms with van der Waals surface area (Å²) in [7, 11) is 0. The number of hydrogen-bond acceptors (Lipinski definition) is 8. The van der Waals surface area contributed by atoms with E-state index < -0.39 is 9.85 Å². The fourth-order valence-electron chi connectivity index (χ4n) is 5.26. The number of anilines is 6. The Balaban J connectivity index is 1.35. The maximum absolute atomic E-state index is 11.5. The molecule has 0 radical (unpaired) electrons. The second-order valence-corrected chi connectivity index (χ2v) is 10.4. The summed E-state index contributed by atoms with van der Waals surface area (Å²) in [5.41, 5.74) is 5.55. The summed E-state index contributed by atoms with van der Waals surface area (Å²) >= 11 is 0. The molecule has 226 valence electrons. The number of hydrogen-bond donors (Lipinski definition) is 2. The van der Waals surface area contributed by atoms with Crippen molar-refractivity contribution in [3.63, 3.8) is 0 Å². The summed E-state index contributed by atoms with van der Waals surface area (Å²) in [5.74, 6) is 0.129. The molecule has 10 nitrogen and oxygen atoms in total. The third-order valence-electron chi connectivity index (χ3n) is 7.36. The Morgan fingerprint density at radius 1 is 0.413 bits per heavy atom. The van der Waals surface area contributed by atoms with Gasteiger partial charge >= 0.3 is 0 Å². The lowest BCUT2D eigenvalue weighted by molar-refractivity contribution is -0.385. The van der Waals surface area contributed by atoms with Gasteiger partial charge in [-0.3, -0.25) is 20.2 Å². The van der Waals surface area contributed by atoms with Crippen LogP contribution in [0.1, 0.15) is 0 Å². The molecule has 0 saturated heterocycles. The Hall–Kier alpha value is -6.68. The molecule has 0 spiro atoms. The van der Waals surface area contributed by atoms with E-state index in [0.29, 0.717) is 22.7 Å². The number of rotatable bonds is 9. The molecule has 10 heteroatoms. The summed E-state index contributed by atoms with van der Waals surface area (Å²) in [5, 5.41) is 43.3. The molecule has 46 heavy (non-hydrogen) atoms. The van der Waals surface area contributed by atoms with Gasteiger partial charge in [0, 0.05) is 59.1 Å². The summed E-state index contributed by atoms with van der Waals surface area (Å²) in [6, 6.07) is 41.2. The van der Waals surface area contributed by atoms with Crippen molar-refractivity contribution >= 4 is 45.5 Å². The third-order valence-corrected chi connectivity index (χ3v) is 7.36. The van der Waals surface area contributed by atoms with Gasteiger partial charge in [-0.15, -0.1) is 0 Å². The zero-order chi connectivity index (χ0) is 32.2. The zero-order valence-electron chi connectivity index (χ0n) is 24.2. The molecule has 2 N–H and O–H groups in total. The third kappa shape index (κ3) is 6.17. The van der Waals surface area contributed by atoms with E-state index in [9.17, 15) is 30.4 Å². The Morgan fingerprint density at radius 2 is 0.739 bits per heavy atom. The summed E-state index contributed by atoms with van der Waals surface area (Å²) in [6.07, 6.45) is 0. The Bertz CT molecular complexity index is 1900. The highest BCUT2D eigenvalue weighted by molar-refractivity contribution is 5.82. The van der Waals surface area contributed by atoms with Gasteiger partial charge in [0.05, 0.1) is 21.2 Å². The molecule has 0 aromatic heterocycles. The average Bonchev–Trinajstić information content (AvgIpc) is 3.06. The van der Waals surface area contributed by atoms with Crippen LogP contribution in [0.3, 0.4) is 0 Å². The van der Waals surface area contributed by atoms with Crippen molar-refractivity contribution in [1.29, 1.82) is 0 Å². The van der Waals surface area contributed by atoms with Gasteiger partial charge in [-0.1, -0.05) is 48.5 Å². The molecule has 6 rings (SSSR count). The summed E-state index contributed by atoms with van der Waals surface area (Å²) < 4.78 is 0. The molecule has 0 fully saturated rings. The highest BCUT2D eigenvalue weighted by Crippen LogP contribution is 2.40. The van der Waals surface area contributed by atoms with E-state index in [0.717, 1.165) is 22.5 Å². The molecule has 0 amide bonds. The van der Waals surface area contributed by atoms with Gasteiger partial charge in [0.25, 0.3) is 11.4 Å². The van der Waals surface area contributed by atoms with E-state index in [1.165, 1.54) is 24.3 Å². The molecule has 0 aliphatic rings. The van der Waals surface area contributed by atoms with Gasteiger partial charge in [-0.25, -0.2) is 0 Å². The summed E-state index contributed by atoms with van der Waals surface area (Å²) in [6.45, 7) is 0. The number of phenols is 2. The minimum Gasteiger partial charge on any atom is -0.508 e. The van der Waals surface area contributed by atoms with E-state index in [2.05, 4.69) is 0 Å². The van der Waals surface area contributed by atoms with Crippen molar-refractivity contribution in [3.8, 4) is 22.6 Å². The molecule has 6 aromatic carbocycles. The molecular weight excluding hydrogens is 584 g/mol. The molecule has 0 aliphatic carbocycles. The SMILES string of the molecule is O=[N+]([O-])c1cccc(N(c2ccc(-c3ccc(N(c4cccc(O)c4)c4cccc([N+](=O)[O-])c4)cc3)cc2)c2cccc(O)c2)c1. The molecule has 0 heterocycles. The summed E-state index contributed by atoms with van der Waals surface area (Å²) in [4.78, 5) is 25.7. The van der Waals surface area contributed by atoms with Crippen LogP contribution in [0.4, 0.5) is 45.5 Å². The monoisotopic (exact) mass is 610 g/mol. The van der Waals surface area contributed by atoms with E-state index in [1.807, 2.05) is 70.5 Å². The molecular formula is C36H26N4O6. The quantitative estimate of drug-likeness (QED) is 0.122. The van der Waals surface area contributed by atoms with Crippen LogP contribution in [0.15, 0.2) is 146 Å². The van der Waals surface area contributed by atoms with Crippen LogP contribution in [0, 0.1) is 20.2 Å². The highest BCUT2D eigenvalue weighted by Gasteiger charge is 2.18. The lowest BCUT2D eigenvalue weighted by Crippen LogP contribution is -2.10. The van der Waals surface area contributed by atoms with Gasteiger partial charge in [-0.05, 0) is 71.8 Å². The van der Waals surface area contributed by atoms with Crippen molar-refractivity contribution < 1.29 is 20.1 Å². The van der Waals surface area contributed by atoms with Crippen molar-refractivity contribution in [2.75, 3.05) is 9.80 Å². The number of nitrogens with zero attached hydrogens (tertiary/aromatic N) is 4. The standard InChI is InChI=1S/C36H26N4O6/c41-35-11-3-7-31(23-35)37(29-5-1-9-33(21-29)39(43)44)27-17-13-25(14-18-27)26-15-19-28(20-16-26)38(32-8-4-12-36(42)24-32)30-6-2-10-34(22-30)40(45)46/h1-24,41-42H. The molecule has 0 saturated carbocycles. The Labute approximate surface area is 263 Å². The van der Waals surface area contributed by atoms with Gasteiger partial charge in [-0.2, -0.15) is 0 Å². The molecule has 0 bridgehead atoms. The topological polar surface area (TPSA) is 133 Å². The van der Waals surface area contributed by atoms with Crippen molar-refractivity contribution in [2.24, 2.45) is 0 Å². The first-order valence-electron chi connectivity index (χ1n) is 14.1. The number of benzene rings is 6. The lowest BCUT2D eigenvalue weighted by atomic mass is 10.0. The second kappa shape index (κ2) is 12.5. The molecule has 6 aromatic rings. The van der Waals surface area contributed by atoms with Crippen LogP contribution in [-0.4, -0.2) is 20.1 Å². The average molecular weight is 611 g/mol. The molecule has 0 atom stereocenters. The van der Waals surface area contributed by atoms with Gasteiger partial charge < -0.3 is 20.0 Å². The van der Waals surface area contributed by atoms with Gasteiger partial charge in [0.15, 0.2) is 0 Å². The number of aromatic hydroxyl groups is 2. The number of phenolic OH excluding ortho intramolecular Hbond substituents is 2. The van der Waals surface area contributed by atoms with E-state index in [4.69, 9.17) is 0 Å². The first-order chi connectivity index (χ1) is 22.3. The Morgan fingerprint density at radius 3 is 1.07 bits per heavy atom. The van der Waals surface area contributed by atoms with Crippen molar-refractivity contribution in [1.82, 2.24) is 0 Å². The maximum atomic E-state index is 11.5. The first-order valence-corrected chi connectivity index (χ1v) is 14.1. The van der Waals surface area contributed by atoms with E-state index >= 15 is 0 Å². The minimum atomic E-state index is -0.447. The van der Waals surface area contributed by atoms with Crippen LogP contribution >= 0.6 is 0 Å². The van der Waals surface area contributed by atoms with Crippen LogP contribution in [0.25, 0.3) is 11.1 Å². The van der Waals surface area contributed by atoms with E-state index in [-0.39, 0.29) is 22.9 Å².